The molecule has 5 N–H and O–H groups in total. The molecule has 2 saturated heterocycles. The molecule has 0 bridgehead atoms. The summed E-state index contributed by atoms with van der Waals surface area (Å²) < 4.78 is 57.1. The summed E-state index contributed by atoms with van der Waals surface area (Å²) in [6, 6.07) is 8.08. The molecule has 2 aromatic carbocycles. The number of ether oxygens (including phenoxy) is 2. The van der Waals surface area contributed by atoms with Crippen molar-refractivity contribution >= 4 is 64.0 Å². The van der Waals surface area contributed by atoms with Gasteiger partial charge in [-0.05, 0) is 74.6 Å². The van der Waals surface area contributed by atoms with Gasteiger partial charge in [-0.15, -0.1) is 11.3 Å². The van der Waals surface area contributed by atoms with Crippen LogP contribution in [0.1, 0.15) is 126 Å². The van der Waals surface area contributed by atoms with Crippen molar-refractivity contribution in [2.45, 2.75) is 154 Å². The minimum Gasteiger partial charge on any atom is -0.495 e. The van der Waals surface area contributed by atoms with Crippen LogP contribution in [-0.4, -0.2) is 156 Å². The number of nitrogens with one attached hydrogen (secondary N) is 4. The molecule has 81 heavy (non-hydrogen) atoms. The number of aromatic nitrogens is 3. The molecule has 0 radical (unpaired) electrons. The Morgan fingerprint density at radius 2 is 1.67 bits per heavy atom. The fourth-order valence-electron chi connectivity index (χ4n) is 11.2. The van der Waals surface area contributed by atoms with Crippen molar-refractivity contribution in [3.63, 3.8) is 0 Å². The summed E-state index contributed by atoms with van der Waals surface area (Å²) in [4.78, 5) is 87.1. The molecule has 23 heteroatoms. The van der Waals surface area contributed by atoms with Crippen LogP contribution in [0, 0.1) is 18.2 Å². The maximum absolute atomic E-state index is 15.7. The number of amides is 5. The Morgan fingerprint density at radius 1 is 0.963 bits per heavy atom. The first-order chi connectivity index (χ1) is 38.7. The first-order valence-corrected chi connectivity index (χ1v) is 29.2. The molecule has 2 aromatic heterocycles. The lowest BCUT2D eigenvalue weighted by Crippen LogP contribution is -2.58. The normalized spacial score (nSPS) is 19.3. The van der Waals surface area contributed by atoms with Gasteiger partial charge in [-0.25, -0.2) is 14.4 Å². The SMILES string of the molecule is COc1cc(C(=O)NC2CCN(CCCCCCCCOCC(=O)N[C@H](C(=O)N3C[C@H](O)C[C@H]3C(=O)NCc3ccc(-c4scnc4C)cc3)C(C)(C)C)CC2)c(F)cc1Nc1ncc2c(n1)N(C1CCCC1)CC(F)(F)C(=O)N2C. The molecule has 3 atom stereocenters. The summed E-state index contributed by atoms with van der Waals surface area (Å²) in [5.74, 6) is -7.28. The number of likely N-dealkylation sites (tertiary alicyclic amines) is 2. The van der Waals surface area contributed by atoms with E-state index >= 15 is 13.2 Å². The quantitative estimate of drug-likeness (QED) is 0.0454. The Labute approximate surface area is 476 Å². The summed E-state index contributed by atoms with van der Waals surface area (Å²) in [6.45, 7) is 9.62. The van der Waals surface area contributed by atoms with Gasteiger partial charge >= 0.3 is 5.92 Å². The summed E-state index contributed by atoms with van der Waals surface area (Å²) in [6.07, 6.45) is 10.9. The molecular weight excluding hydrogens is 1070 g/mol. The molecule has 440 valence electrons. The van der Waals surface area contributed by atoms with E-state index in [4.69, 9.17) is 9.47 Å². The van der Waals surface area contributed by atoms with Crippen LogP contribution in [0.15, 0.2) is 48.1 Å². The van der Waals surface area contributed by atoms with E-state index in [0.29, 0.717) is 32.3 Å². The second-order valence-electron chi connectivity index (χ2n) is 22.9. The Balaban J connectivity index is 0.698. The first-order valence-electron chi connectivity index (χ1n) is 28.3. The zero-order valence-corrected chi connectivity index (χ0v) is 48.1. The van der Waals surface area contributed by atoms with E-state index in [-0.39, 0.29) is 78.6 Å². The Kier molecular flexibility index (Phi) is 20.3. The van der Waals surface area contributed by atoms with Crippen LogP contribution in [-0.2, 0) is 30.5 Å². The third kappa shape index (κ3) is 15.4. The molecule has 0 unspecified atom stereocenters. The van der Waals surface area contributed by atoms with Crippen LogP contribution in [0.5, 0.6) is 5.75 Å². The Bertz CT molecular complexity index is 2840. The van der Waals surface area contributed by atoms with Crippen molar-refractivity contribution in [2.24, 2.45) is 5.41 Å². The number of aliphatic hydroxyl groups is 1. The van der Waals surface area contributed by atoms with E-state index in [1.54, 1.807) is 11.3 Å². The predicted molar refractivity (Wildman–Crippen MR) is 303 cm³/mol. The van der Waals surface area contributed by atoms with Crippen molar-refractivity contribution in [1.82, 2.24) is 40.7 Å². The number of thiazole rings is 1. The molecule has 1 aliphatic carbocycles. The van der Waals surface area contributed by atoms with Crippen LogP contribution in [0.25, 0.3) is 10.4 Å². The lowest BCUT2D eigenvalue weighted by atomic mass is 9.85. The van der Waals surface area contributed by atoms with E-state index < -0.39 is 65.5 Å². The number of fused-ring (bicyclic) bond motifs is 1. The Morgan fingerprint density at radius 3 is 2.35 bits per heavy atom. The van der Waals surface area contributed by atoms with Crippen molar-refractivity contribution in [3.05, 3.63) is 70.7 Å². The van der Waals surface area contributed by atoms with E-state index in [9.17, 15) is 29.1 Å². The molecule has 1 saturated carbocycles. The van der Waals surface area contributed by atoms with Crippen molar-refractivity contribution in [1.29, 1.82) is 0 Å². The number of halogens is 3. The van der Waals surface area contributed by atoms with Crippen LogP contribution in [0.2, 0.25) is 0 Å². The molecule has 0 spiro atoms. The highest BCUT2D eigenvalue weighted by Crippen LogP contribution is 2.41. The average Bonchev–Trinajstić information content (AvgIpc) is 4.36. The maximum atomic E-state index is 15.7. The number of aryl methyl sites for hydroxylation is 1. The second kappa shape index (κ2) is 27.1. The molecule has 4 aliphatic rings. The zero-order chi connectivity index (χ0) is 58.0. The fraction of sp³-hybridized carbons (Fsp3) is 0.586. The molecular formula is C58H78F3N11O8S. The molecule has 5 amide bonds. The number of β-amino-alcohol motifs (C(OH)–C–C–N with tert-alkyl or cyclic N) is 1. The van der Waals surface area contributed by atoms with Gasteiger partial charge in [0.15, 0.2) is 5.82 Å². The van der Waals surface area contributed by atoms with Gasteiger partial charge in [0.2, 0.25) is 23.7 Å². The number of benzene rings is 2. The number of methoxy groups -OCH3 is 1. The second-order valence-corrected chi connectivity index (χ2v) is 23.8. The highest BCUT2D eigenvalue weighted by Gasteiger charge is 2.49. The minimum atomic E-state index is -3.63. The number of hydrogen-bond acceptors (Lipinski definition) is 15. The van der Waals surface area contributed by atoms with E-state index in [0.717, 1.165) is 104 Å². The molecule has 4 aromatic rings. The standard InChI is InChI=1S/C58H78F3N11O8S/c1-36-49(81-35-64-36)38-19-17-37(18-20-38)30-62-53(76)45-27-41(73)32-71(45)54(77)50(57(2,3)4)67-48(74)33-80-26-14-10-8-7-9-13-23-70-24-21-39(22-25-70)65-52(75)42-28-47(79-6)44(29-43(42)59)66-56-63-31-46-51(68-56)72(40-15-11-12-16-40)34-58(60,61)55(78)69(46)5/h17-20,28-29,31,35,39-41,45,50,73H,7-16,21-27,30,32-34H2,1-6H3,(H,62,76)(H,65,75)(H,67,74)(H,63,66,68)/t41-,45+,50-/m1/s1. The lowest BCUT2D eigenvalue weighted by Gasteiger charge is -2.35. The number of carbonyl (C=O) groups is 5. The third-order valence-corrected chi connectivity index (χ3v) is 16.8. The van der Waals surface area contributed by atoms with Gasteiger partial charge in [-0.2, -0.15) is 13.8 Å². The van der Waals surface area contributed by atoms with Gasteiger partial charge < -0.3 is 55.4 Å². The number of aliphatic hydroxyl groups excluding tert-OH is 1. The average molecular weight is 1150 g/mol. The number of carbonyl (C=O) groups excluding carboxylic acids is 5. The largest absolute Gasteiger partial charge is 0.495 e. The van der Waals surface area contributed by atoms with E-state index in [2.05, 4.69) is 41.1 Å². The number of rotatable bonds is 23. The highest BCUT2D eigenvalue weighted by atomic mass is 32.1. The molecule has 19 nitrogen and oxygen atoms in total. The highest BCUT2D eigenvalue weighted by molar-refractivity contribution is 7.13. The summed E-state index contributed by atoms with van der Waals surface area (Å²) in [5, 5.41) is 22.3. The maximum Gasteiger partial charge on any atom is 0.342 e. The van der Waals surface area contributed by atoms with Gasteiger partial charge in [0.05, 0.1) is 53.3 Å². The lowest BCUT2D eigenvalue weighted by molar-refractivity contribution is -0.144. The summed E-state index contributed by atoms with van der Waals surface area (Å²) in [5.41, 5.74) is 4.09. The van der Waals surface area contributed by atoms with E-state index in [1.165, 1.54) is 36.2 Å². The number of anilines is 4. The number of piperidine rings is 1. The van der Waals surface area contributed by atoms with Crippen molar-refractivity contribution in [3.8, 4) is 16.2 Å². The number of hydrogen-bond donors (Lipinski definition) is 5. The third-order valence-electron chi connectivity index (χ3n) is 15.8. The van der Waals surface area contributed by atoms with E-state index in [1.807, 2.05) is 57.5 Å². The number of alkyl halides is 2. The van der Waals surface area contributed by atoms with Crippen LogP contribution >= 0.6 is 11.3 Å². The van der Waals surface area contributed by atoms with Crippen molar-refractivity contribution < 1.29 is 51.7 Å². The molecule has 5 heterocycles. The summed E-state index contributed by atoms with van der Waals surface area (Å²) >= 11 is 1.57. The summed E-state index contributed by atoms with van der Waals surface area (Å²) in [7, 11) is 2.65. The number of unbranched alkanes of at least 4 members (excludes halogenated alkanes) is 5. The Hall–Kier alpha value is -6.43. The number of nitrogens with zero attached hydrogens (tertiary/aromatic N) is 7. The molecule has 3 aliphatic heterocycles. The van der Waals surface area contributed by atoms with Crippen LogP contribution < -0.4 is 35.8 Å². The zero-order valence-electron chi connectivity index (χ0n) is 47.3. The van der Waals surface area contributed by atoms with Crippen LogP contribution in [0.3, 0.4) is 0 Å². The predicted octanol–water partition coefficient (Wildman–Crippen LogP) is 7.52. The first kappa shape index (κ1) is 60.7. The minimum absolute atomic E-state index is 0.0140. The van der Waals surface area contributed by atoms with Crippen LogP contribution in [0.4, 0.5) is 36.3 Å². The van der Waals surface area contributed by atoms with Crippen molar-refractivity contribution in [2.75, 3.05) is 75.2 Å². The van der Waals surface area contributed by atoms with Gasteiger partial charge in [-0.3, -0.25) is 24.0 Å². The monoisotopic (exact) mass is 1150 g/mol. The van der Waals surface area contributed by atoms with Gasteiger partial charge in [0.1, 0.15) is 35.9 Å². The molecule has 3 fully saturated rings. The fourth-order valence-corrected chi connectivity index (χ4v) is 12.0. The van der Waals surface area contributed by atoms with Gasteiger partial charge in [0.25, 0.3) is 11.8 Å². The van der Waals surface area contributed by atoms with Gasteiger partial charge in [-0.1, -0.05) is 83.6 Å². The smallest absolute Gasteiger partial charge is 0.342 e. The molecule has 8 rings (SSSR count). The van der Waals surface area contributed by atoms with Gasteiger partial charge in [0, 0.05) is 64.4 Å². The topological polar surface area (TPSA) is 224 Å².